The van der Waals surface area contributed by atoms with Gasteiger partial charge in [0.25, 0.3) is 0 Å². The molecule has 0 aliphatic carbocycles. The van der Waals surface area contributed by atoms with E-state index in [0.717, 1.165) is 19.4 Å². The summed E-state index contributed by atoms with van der Waals surface area (Å²) in [6.45, 7) is 3.82. The molecule has 2 N–H and O–H groups in total. The van der Waals surface area contributed by atoms with Crippen LogP contribution < -0.4 is 20.1 Å². The molecule has 2 unspecified atom stereocenters. The lowest BCUT2D eigenvalue weighted by molar-refractivity contribution is -0.121. The minimum Gasteiger partial charge on any atom is -0.486 e. The van der Waals surface area contributed by atoms with E-state index in [9.17, 15) is 13.2 Å². The highest BCUT2D eigenvalue weighted by molar-refractivity contribution is 7.91. The second-order valence-corrected chi connectivity index (χ2v) is 8.54. The van der Waals surface area contributed by atoms with Crippen molar-refractivity contribution in [2.24, 2.45) is 0 Å². The Hall–Kier alpha value is -1.51. The third-order valence-electron chi connectivity index (χ3n) is 4.58. The second-order valence-electron chi connectivity index (χ2n) is 6.43. The van der Waals surface area contributed by atoms with Gasteiger partial charge in [-0.1, -0.05) is 0 Å². The minimum absolute atomic E-state index is 0. The van der Waals surface area contributed by atoms with Crippen LogP contribution in [-0.4, -0.2) is 51.9 Å². The van der Waals surface area contributed by atoms with Crippen molar-refractivity contribution in [2.45, 2.75) is 43.2 Å². The average Bonchev–Trinajstić information content (AvgIpc) is 2.62. The third kappa shape index (κ3) is 5.02. The molecule has 0 spiro atoms. The third-order valence-corrected chi connectivity index (χ3v) is 6.29. The molecule has 1 fully saturated rings. The summed E-state index contributed by atoms with van der Waals surface area (Å²) in [5, 5.41) is 6.24. The Morgan fingerprint density at radius 3 is 2.73 bits per heavy atom. The monoisotopic (exact) mass is 404 g/mol. The Morgan fingerprint density at radius 2 is 2.00 bits per heavy atom. The molecule has 3 rings (SSSR count). The normalized spacial score (nSPS) is 22.2. The first-order chi connectivity index (χ1) is 12.0. The van der Waals surface area contributed by atoms with Crippen LogP contribution in [0.1, 0.15) is 26.2 Å². The first-order valence-electron chi connectivity index (χ1n) is 8.61. The van der Waals surface area contributed by atoms with Gasteiger partial charge in [-0.3, -0.25) is 4.79 Å². The lowest BCUT2D eigenvalue weighted by atomic mass is 10.00. The van der Waals surface area contributed by atoms with Crippen LogP contribution in [0.3, 0.4) is 0 Å². The van der Waals surface area contributed by atoms with Gasteiger partial charge in [0.1, 0.15) is 13.2 Å². The molecule has 9 heteroatoms. The van der Waals surface area contributed by atoms with E-state index in [1.807, 2.05) is 6.92 Å². The van der Waals surface area contributed by atoms with Gasteiger partial charge in [-0.2, -0.15) is 0 Å². The number of piperidine rings is 1. The maximum absolute atomic E-state index is 12.5. The molecular weight excluding hydrogens is 380 g/mol. The Bertz CT molecular complexity index is 741. The van der Waals surface area contributed by atoms with E-state index in [4.69, 9.17) is 9.47 Å². The van der Waals surface area contributed by atoms with E-state index in [-0.39, 0.29) is 47.5 Å². The molecule has 7 nitrogen and oxygen atoms in total. The van der Waals surface area contributed by atoms with Gasteiger partial charge in [0.05, 0.1) is 10.6 Å². The highest BCUT2D eigenvalue weighted by atomic mass is 35.5. The van der Waals surface area contributed by atoms with Crippen LogP contribution in [0.5, 0.6) is 11.5 Å². The fourth-order valence-corrected chi connectivity index (χ4v) is 4.33. The number of benzene rings is 1. The van der Waals surface area contributed by atoms with Crippen LogP contribution in [0.4, 0.5) is 0 Å². The Balaban J connectivity index is 0.00000243. The molecule has 0 saturated carbocycles. The summed E-state index contributed by atoms with van der Waals surface area (Å²) in [6.07, 6.45) is 1.86. The van der Waals surface area contributed by atoms with Crippen molar-refractivity contribution in [1.82, 2.24) is 10.6 Å². The number of hydrogen-bond donors (Lipinski definition) is 2. The number of halogens is 1. The lowest BCUT2D eigenvalue weighted by Gasteiger charge is -2.30. The molecule has 2 heterocycles. The number of rotatable bonds is 5. The van der Waals surface area contributed by atoms with Crippen molar-refractivity contribution in [3.05, 3.63) is 18.2 Å². The highest BCUT2D eigenvalue weighted by Gasteiger charge is 2.24. The summed E-state index contributed by atoms with van der Waals surface area (Å²) in [6, 6.07) is 4.81. The molecule has 26 heavy (non-hydrogen) atoms. The van der Waals surface area contributed by atoms with Gasteiger partial charge in [-0.05, 0) is 38.4 Å². The SMILES string of the molecule is CC1NCCCC1NC(=O)CCS(=O)(=O)c1ccc2c(c1)OCCO2.Cl. The predicted octanol–water partition coefficient (Wildman–Crippen LogP) is 1.30. The predicted molar refractivity (Wildman–Crippen MR) is 100.0 cm³/mol. The first kappa shape index (κ1) is 20.8. The lowest BCUT2D eigenvalue weighted by Crippen LogP contribution is -2.52. The van der Waals surface area contributed by atoms with Crippen LogP contribution in [-0.2, 0) is 14.6 Å². The Morgan fingerprint density at radius 1 is 1.27 bits per heavy atom. The largest absolute Gasteiger partial charge is 0.486 e. The smallest absolute Gasteiger partial charge is 0.221 e. The average molecular weight is 405 g/mol. The molecule has 1 aromatic carbocycles. The second kappa shape index (κ2) is 8.92. The maximum atomic E-state index is 12.5. The van der Waals surface area contributed by atoms with Gasteiger partial charge >= 0.3 is 0 Å². The van der Waals surface area contributed by atoms with Gasteiger partial charge in [0.2, 0.25) is 5.91 Å². The van der Waals surface area contributed by atoms with Crippen LogP contribution in [0.2, 0.25) is 0 Å². The summed E-state index contributed by atoms with van der Waals surface area (Å²) in [5.41, 5.74) is 0. The number of hydrogen-bond acceptors (Lipinski definition) is 6. The minimum atomic E-state index is -3.56. The zero-order valence-electron chi connectivity index (χ0n) is 14.7. The zero-order chi connectivity index (χ0) is 17.9. The van der Waals surface area contributed by atoms with Crippen molar-refractivity contribution in [2.75, 3.05) is 25.5 Å². The van der Waals surface area contributed by atoms with Crippen LogP contribution >= 0.6 is 12.4 Å². The van der Waals surface area contributed by atoms with E-state index >= 15 is 0 Å². The van der Waals surface area contributed by atoms with E-state index in [2.05, 4.69) is 10.6 Å². The van der Waals surface area contributed by atoms with E-state index in [0.29, 0.717) is 24.7 Å². The maximum Gasteiger partial charge on any atom is 0.221 e. The van der Waals surface area contributed by atoms with Gasteiger partial charge < -0.3 is 20.1 Å². The highest BCUT2D eigenvalue weighted by Crippen LogP contribution is 2.32. The van der Waals surface area contributed by atoms with Gasteiger partial charge in [0.15, 0.2) is 21.3 Å². The Kier molecular flexibility index (Phi) is 7.14. The molecule has 1 aromatic rings. The molecule has 2 aliphatic rings. The standard InChI is InChI=1S/C17H24N2O5S.ClH/c1-12-14(3-2-7-18-12)19-17(20)6-10-25(21,22)13-4-5-15-16(11-13)24-9-8-23-15;/h4-5,11-12,14,18H,2-3,6-10H2,1H3,(H,19,20);1H. The van der Waals surface area contributed by atoms with Crippen molar-refractivity contribution in [3.8, 4) is 11.5 Å². The molecule has 0 bridgehead atoms. The zero-order valence-corrected chi connectivity index (χ0v) is 16.3. The number of nitrogens with one attached hydrogen (secondary N) is 2. The summed E-state index contributed by atoms with van der Waals surface area (Å²) in [4.78, 5) is 12.3. The molecule has 146 valence electrons. The van der Waals surface area contributed by atoms with Gasteiger partial charge in [-0.15, -0.1) is 12.4 Å². The van der Waals surface area contributed by atoms with Crippen LogP contribution in [0, 0.1) is 0 Å². The van der Waals surface area contributed by atoms with Crippen molar-refractivity contribution in [1.29, 1.82) is 0 Å². The van der Waals surface area contributed by atoms with Gasteiger partial charge in [0, 0.05) is 24.6 Å². The van der Waals surface area contributed by atoms with Crippen molar-refractivity contribution >= 4 is 28.2 Å². The number of carbonyl (C=O) groups excluding carboxylic acids is 1. The number of amides is 1. The van der Waals surface area contributed by atoms with Crippen molar-refractivity contribution in [3.63, 3.8) is 0 Å². The molecule has 0 radical (unpaired) electrons. The molecule has 0 aromatic heterocycles. The Labute approximate surface area is 160 Å². The topological polar surface area (TPSA) is 93.7 Å². The quantitative estimate of drug-likeness (QED) is 0.768. The van der Waals surface area contributed by atoms with Crippen molar-refractivity contribution < 1.29 is 22.7 Å². The molecule has 2 aliphatic heterocycles. The molecule has 1 saturated heterocycles. The summed E-state index contributed by atoms with van der Waals surface area (Å²) < 4.78 is 35.8. The van der Waals surface area contributed by atoms with E-state index in [1.54, 1.807) is 6.07 Å². The van der Waals surface area contributed by atoms with E-state index in [1.165, 1.54) is 12.1 Å². The fraction of sp³-hybridized carbons (Fsp3) is 0.588. The summed E-state index contributed by atoms with van der Waals surface area (Å²) in [5.74, 6) is 0.509. The molecule has 2 atom stereocenters. The van der Waals surface area contributed by atoms with Crippen LogP contribution in [0.15, 0.2) is 23.1 Å². The van der Waals surface area contributed by atoms with Crippen LogP contribution in [0.25, 0.3) is 0 Å². The number of ether oxygens (including phenoxy) is 2. The van der Waals surface area contributed by atoms with E-state index < -0.39 is 9.84 Å². The molecule has 1 amide bonds. The first-order valence-corrected chi connectivity index (χ1v) is 10.3. The number of fused-ring (bicyclic) bond motifs is 1. The fourth-order valence-electron chi connectivity index (χ4n) is 3.08. The summed E-state index contributed by atoms with van der Waals surface area (Å²) in [7, 11) is -3.56. The number of sulfone groups is 1. The molecular formula is C17H25ClN2O5S. The summed E-state index contributed by atoms with van der Waals surface area (Å²) >= 11 is 0. The van der Waals surface area contributed by atoms with Gasteiger partial charge in [-0.25, -0.2) is 8.42 Å². The number of carbonyl (C=O) groups is 1.